The van der Waals surface area contributed by atoms with Crippen LogP contribution in [0, 0.1) is 0 Å². The zero-order valence-electron chi connectivity index (χ0n) is 14.3. The first kappa shape index (κ1) is 15.7. The Labute approximate surface area is 147 Å². The van der Waals surface area contributed by atoms with Crippen LogP contribution in [-0.4, -0.2) is 49.0 Å². The van der Waals surface area contributed by atoms with Gasteiger partial charge in [0.2, 0.25) is 0 Å². The summed E-state index contributed by atoms with van der Waals surface area (Å²) in [6.07, 6.45) is 1.76. The number of carbonyl (C=O) groups is 1. The summed E-state index contributed by atoms with van der Waals surface area (Å²) < 4.78 is 0. The van der Waals surface area contributed by atoms with Crippen molar-refractivity contribution in [1.82, 2.24) is 9.88 Å². The van der Waals surface area contributed by atoms with Gasteiger partial charge in [0.1, 0.15) is 0 Å². The minimum atomic E-state index is -0.0928. The SMILES string of the molecule is CN1CCN(c2ccc(NC(=O)c3c[nH]c4ccccc34)cc2)CC1. The summed E-state index contributed by atoms with van der Waals surface area (Å²) in [5.41, 5.74) is 3.66. The number of fused-ring (bicyclic) bond motifs is 1. The lowest BCUT2D eigenvalue weighted by Gasteiger charge is -2.34. The van der Waals surface area contributed by atoms with E-state index in [-0.39, 0.29) is 5.91 Å². The molecule has 2 N–H and O–H groups in total. The van der Waals surface area contributed by atoms with Crippen LogP contribution in [0.3, 0.4) is 0 Å². The summed E-state index contributed by atoms with van der Waals surface area (Å²) in [7, 11) is 2.15. The number of para-hydroxylation sites is 1. The largest absolute Gasteiger partial charge is 0.369 e. The van der Waals surface area contributed by atoms with Crippen molar-refractivity contribution in [2.24, 2.45) is 0 Å². The number of carbonyl (C=O) groups excluding carboxylic acids is 1. The fourth-order valence-corrected chi connectivity index (χ4v) is 3.28. The third-order valence-electron chi connectivity index (χ3n) is 4.83. The number of benzene rings is 2. The van der Waals surface area contributed by atoms with E-state index in [0.29, 0.717) is 5.56 Å². The molecule has 0 aliphatic carbocycles. The van der Waals surface area contributed by atoms with E-state index in [9.17, 15) is 4.79 Å². The van der Waals surface area contributed by atoms with Crippen LogP contribution >= 0.6 is 0 Å². The summed E-state index contributed by atoms with van der Waals surface area (Å²) in [5.74, 6) is -0.0928. The van der Waals surface area contributed by atoms with Gasteiger partial charge in [-0.3, -0.25) is 4.79 Å². The Bertz CT molecular complexity index is 876. The fourth-order valence-electron chi connectivity index (χ4n) is 3.28. The van der Waals surface area contributed by atoms with Crippen molar-refractivity contribution in [2.75, 3.05) is 43.4 Å². The highest BCUT2D eigenvalue weighted by Crippen LogP contribution is 2.22. The molecule has 0 bridgehead atoms. The van der Waals surface area contributed by atoms with E-state index in [2.05, 4.69) is 39.3 Å². The lowest BCUT2D eigenvalue weighted by Crippen LogP contribution is -2.44. The topological polar surface area (TPSA) is 51.4 Å². The number of hydrogen-bond donors (Lipinski definition) is 2. The van der Waals surface area contributed by atoms with Gasteiger partial charge in [-0.1, -0.05) is 18.2 Å². The standard InChI is InChI=1S/C20H22N4O/c1-23-10-12-24(13-11-23)16-8-6-15(7-9-16)22-20(25)18-14-21-19-5-3-2-4-17(18)19/h2-9,14,21H,10-13H2,1H3,(H,22,25). The Morgan fingerprint density at radius 3 is 2.48 bits per heavy atom. The van der Waals surface area contributed by atoms with E-state index in [0.717, 1.165) is 42.8 Å². The van der Waals surface area contributed by atoms with Crippen LogP contribution in [0.4, 0.5) is 11.4 Å². The van der Waals surface area contributed by atoms with Crippen LogP contribution in [0.1, 0.15) is 10.4 Å². The third kappa shape index (κ3) is 3.23. The molecule has 128 valence electrons. The van der Waals surface area contributed by atoms with E-state index in [4.69, 9.17) is 0 Å². The van der Waals surface area contributed by atoms with Crippen molar-refractivity contribution >= 4 is 28.2 Å². The molecular weight excluding hydrogens is 312 g/mol. The maximum absolute atomic E-state index is 12.6. The molecule has 25 heavy (non-hydrogen) atoms. The van der Waals surface area contributed by atoms with Gasteiger partial charge in [-0.25, -0.2) is 0 Å². The Kier molecular flexibility index (Phi) is 4.15. The molecular formula is C20H22N4O. The molecule has 5 heteroatoms. The van der Waals surface area contributed by atoms with E-state index in [1.165, 1.54) is 5.69 Å². The van der Waals surface area contributed by atoms with Crippen LogP contribution in [0.2, 0.25) is 0 Å². The van der Waals surface area contributed by atoms with Gasteiger partial charge in [-0.2, -0.15) is 0 Å². The van der Waals surface area contributed by atoms with Crippen molar-refractivity contribution < 1.29 is 4.79 Å². The summed E-state index contributed by atoms with van der Waals surface area (Å²) in [5, 5.41) is 3.93. The highest BCUT2D eigenvalue weighted by Gasteiger charge is 2.15. The number of nitrogens with zero attached hydrogens (tertiary/aromatic N) is 2. The zero-order valence-corrected chi connectivity index (χ0v) is 14.3. The number of aromatic nitrogens is 1. The predicted molar refractivity (Wildman–Crippen MR) is 102 cm³/mol. The Balaban J connectivity index is 1.46. The number of likely N-dealkylation sites (N-methyl/N-ethyl adjacent to an activating group) is 1. The van der Waals surface area contributed by atoms with Crippen molar-refractivity contribution in [2.45, 2.75) is 0 Å². The van der Waals surface area contributed by atoms with Gasteiger partial charge in [0.15, 0.2) is 0 Å². The predicted octanol–water partition coefficient (Wildman–Crippen LogP) is 3.17. The lowest BCUT2D eigenvalue weighted by molar-refractivity contribution is 0.102. The van der Waals surface area contributed by atoms with Gasteiger partial charge in [-0.05, 0) is 37.4 Å². The van der Waals surface area contributed by atoms with Crippen LogP contribution in [-0.2, 0) is 0 Å². The molecule has 0 radical (unpaired) electrons. The summed E-state index contributed by atoms with van der Waals surface area (Å²) in [4.78, 5) is 20.4. The first-order valence-electron chi connectivity index (χ1n) is 8.62. The van der Waals surface area contributed by atoms with E-state index in [1.807, 2.05) is 36.4 Å². The molecule has 1 amide bonds. The molecule has 2 aromatic carbocycles. The number of amides is 1. The van der Waals surface area contributed by atoms with Crippen molar-refractivity contribution in [1.29, 1.82) is 0 Å². The molecule has 0 spiro atoms. The number of anilines is 2. The molecule has 1 aliphatic heterocycles. The van der Waals surface area contributed by atoms with Gasteiger partial charge in [0.25, 0.3) is 5.91 Å². The number of piperazine rings is 1. The number of rotatable bonds is 3. The second-order valence-electron chi connectivity index (χ2n) is 6.54. The zero-order chi connectivity index (χ0) is 17.2. The van der Waals surface area contributed by atoms with Gasteiger partial charge in [-0.15, -0.1) is 0 Å². The molecule has 1 aromatic heterocycles. The first-order chi connectivity index (χ1) is 12.2. The molecule has 3 aromatic rings. The lowest BCUT2D eigenvalue weighted by atomic mass is 10.1. The smallest absolute Gasteiger partial charge is 0.257 e. The molecule has 0 unspecified atom stereocenters. The molecule has 0 saturated carbocycles. The fraction of sp³-hybridized carbons (Fsp3) is 0.250. The van der Waals surface area contributed by atoms with Crippen LogP contribution < -0.4 is 10.2 Å². The number of H-pyrrole nitrogens is 1. The van der Waals surface area contributed by atoms with Gasteiger partial charge in [0, 0.05) is 54.7 Å². The summed E-state index contributed by atoms with van der Waals surface area (Å²) in [6.45, 7) is 4.24. The average molecular weight is 334 g/mol. The maximum atomic E-state index is 12.6. The molecule has 1 saturated heterocycles. The van der Waals surface area contributed by atoms with Crippen molar-refractivity contribution in [3.05, 3.63) is 60.3 Å². The van der Waals surface area contributed by atoms with Gasteiger partial charge >= 0.3 is 0 Å². The van der Waals surface area contributed by atoms with Crippen LogP contribution in [0.15, 0.2) is 54.7 Å². The van der Waals surface area contributed by atoms with E-state index >= 15 is 0 Å². The van der Waals surface area contributed by atoms with Gasteiger partial charge < -0.3 is 20.1 Å². The quantitative estimate of drug-likeness (QED) is 0.773. The van der Waals surface area contributed by atoms with E-state index < -0.39 is 0 Å². The minimum Gasteiger partial charge on any atom is -0.369 e. The Morgan fingerprint density at radius 2 is 1.72 bits per heavy atom. The van der Waals surface area contributed by atoms with Crippen molar-refractivity contribution in [3.8, 4) is 0 Å². The molecule has 1 fully saturated rings. The van der Waals surface area contributed by atoms with Gasteiger partial charge in [0.05, 0.1) is 5.56 Å². The average Bonchev–Trinajstić information content (AvgIpc) is 3.07. The Hall–Kier alpha value is -2.79. The maximum Gasteiger partial charge on any atom is 0.257 e. The monoisotopic (exact) mass is 334 g/mol. The normalized spacial score (nSPS) is 15.5. The number of aromatic amines is 1. The second-order valence-corrected chi connectivity index (χ2v) is 6.54. The molecule has 0 atom stereocenters. The highest BCUT2D eigenvalue weighted by atomic mass is 16.1. The van der Waals surface area contributed by atoms with E-state index in [1.54, 1.807) is 6.20 Å². The number of nitrogens with one attached hydrogen (secondary N) is 2. The summed E-state index contributed by atoms with van der Waals surface area (Å²) in [6, 6.07) is 15.9. The molecule has 5 nitrogen and oxygen atoms in total. The minimum absolute atomic E-state index is 0.0928. The molecule has 1 aliphatic rings. The van der Waals surface area contributed by atoms with Crippen molar-refractivity contribution in [3.63, 3.8) is 0 Å². The molecule has 4 rings (SSSR count). The highest BCUT2D eigenvalue weighted by molar-refractivity contribution is 6.12. The third-order valence-corrected chi connectivity index (χ3v) is 4.83. The second kappa shape index (κ2) is 6.61. The number of hydrogen-bond acceptors (Lipinski definition) is 3. The Morgan fingerprint density at radius 1 is 1.00 bits per heavy atom. The summed E-state index contributed by atoms with van der Waals surface area (Å²) >= 11 is 0. The van der Waals surface area contributed by atoms with Crippen LogP contribution in [0.25, 0.3) is 10.9 Å². The first-order valence-corrected chi connectivity index (χ1v) is 8.62. The molecule has 2 heterocycles. The van der Waals surface area contributed by atoms with Crippen LogP contribution in [0.5, 0.6) is 0 Å².